The zero-order valence-electron chi connectivity index (χ0n) is 10.9. The van der Waals surface area contributed by atoms with Crippen LogP contribution in [0.2, 0.25) is 0 Å². The highest BCUT2D eigenvalue weighted by atomic mass is 79.9. The molecule has 0 unspecified atom stereocenters. The highest BCUT2D eigenvalue weighted by Crippen LogP contribution is 2.22. The largest absolute Gasteiger partial charge is 0.365 e. The Bertz CT molecular complexity index is 518. The monoisotopic (exact) mass is 321 g/mol. The van der Waals surface area contributed by atoms with Gasteiger partial charge in [0, 0.05) is 30.3 Å². The Kier molecular flexibility index (Phi) is 4.43. The Morgan fingerprint density at radius 1 is 1.42 bits per heavy atom. The van der Waals surface area contributed by atoms with Crippen LogP contribution in [0.15, 0.2) is 22.7 Å². The fourth-order valence-corrected chi connectivity index (χ4v) is 2.70. The molecular formula is C14H16BrN3O. The first-order chi connectivity index (χ1) is 9.10. The fourth-order valence-electron chi connectivity index (χ4n) is 2.22. The summed E-state index contributed by atoms with van der Waals surface area (Å²) in [4.78, 5) is 15.9. The van der Waals surface area contributed by atoms with E-state index in [1.807, 2.05) is 22.9 Å². The van der Waals surface area contributed by atoms with Crippen LogP contribution in [0.3, 0.4) is 0 Å². The van der Waals surface area contributed by atoms with E-state index in [2.05, 4.69) is 22.0 Å². The van der Waals surface area contributed by atoms with Crippen LogP contribution in [-0.4, -0.2) is 37.5 Å². The number of anilines is 1. The molecule has 0 aliphatic carbocycles. The van der Waals surface area contributed by atoms with Crippen LogP contribution in [0, 0.1) is 11.3 Å². The predicted octanol–water partition coefficient (Wildman–Crippen LogP) is 2.38. The van der Waals surface area contributed by atoms with Crippen molar-refractivity contribution in [3.8, 4) is 6.07 Å². The molecule has 0 N–H and O–H groups in total. The van der Waals surface area contributed by atoms with Gasteiger partial charge in [0.1, 0.15) is 0 Å². The molecule has 0 aromatic heterocycles. The van der Waals surface area contributed by atoms with Gasteiger partial charge in [-0.3, -0.25) is 4.79 Å². The highest BCUT2D eigenvalue weighted by Gasteiger charge is 2.19. The van der Waals surface area contributed by atoms with Crippen molar-refractivity contribution < 1.29 is 4.79 Å². The molecular weight excluding hydrogens is 306 g/mol. The van der Waals surface area contributed by atoms with Gasteiger partial charge in [0.25, 0.3) is 0 Å². The molecule has 1 fully saturated rings. The molecule has 1 heterocycles. The summed E-state index contributed by atoms with van der Waals surface area (Å²) in [6.07, 6.45) is 2.20. The van der Waals surface area contributed by atoms with Gasteiger partial charge in [-0.05, 0) is 31.0 Å². The number of likely N-dealkylation sites (N-methyl/N-ethyl adjacent to an activating group) is 1. The van der Waals surface area contributed by atoms with Crippen LogP contribution in [0.25, 0.3) is 0 Å². The summed E-state index contributed by atoms with van der Waals surface area (Å²) in [5, 5.41) is 8.96. The second kappa shape index (κ2) is 6.07. The van der Waals surface area contributed by atoms with Gasteiger partial charge in [-0.2, -0.15) is 5.26 Å². The lowest BCUT2D eigenvalue weighted by Gasteiger charge is -2.23. The van der Waals surface area contributed by atoms with Crippen LogP contribution < -0.4 is 4.90 Å². The van der Waals surface area contributed by atoms with Crippen molar-refractivity contribution in [3.63, 3.8) is 0 Å². The van der Waals surface area contributed by atoms with Crippen LogP contribution in [0.1, 0.15) is 18.4 Å². The van der Waals surface area contributed by atoms with E-state index in [0.29, 0.717) is 12.1 Å². The second-order valence-corrected chi connectivity index (χ2v) is 5.67. The van der Waals surface area contributed by atoms with Crippen molar-refractivity contribution in [1.82, 2.24) is 4.90 Å². The predicted molar refractivity (Wildman–Crippen MR) is 77.9 cm³/mol. The van der Waals surface area contributed by atoms with Crippen molar-refractivity contribution in [1.29, 1.82) is 5.26 Å². The van der Waals surface area contributed by atoms with Gasteiger partial charge < -0.3 is 9.80 Å². The minimum atomic E-state index is 0.151. The zero-order valence-corrected chi connectivity index (χ0v) is 12.5. The molecule has 4 nitrogen and oxygen atoms in total. The van der Waals surface area contributed by atoms with Crippen molar-refractivity contribution in [2.45, 2.75) is 12.8 Å². The van der Waals surface area contributed by atoms with Crippen molar-refractivity contribution in [2.24, 2.45) is 0 Å². The third-order valence-electron chi connectivity index (χ3n) is 3.28. The van der Waals surface area contributed by atoms with Gasteiger partial charge in [-0.1, -0.05) is 15.9 Å². The molecule has 5 heteroatoms. The molecule has 0 atom stereocenters. The van der Waals surface area contributed by atoms with E-state index >= 15 is 0 Å². The molecule has 0 radical (unpaired) electrons. The number of carbonyl (C=O) groups is 1. The first-order valence-corrected chi connectivity index (χ1v) is 7.09. The van der Waals surface area contributed by atoms with Gasteiger partial charge in [0.2, 0.25) is 5.91 Å². The molecule has 1 aromatic carbocycles. The average molecular weight is 322 g/mol. The fraction of sp³-hybridized carbons (Fsp3) is 0.429. The zero-order chi connectivity index (χ0) is 13.8. The molecule has 1 aromatic rings. The molecule has 1 amide bonds. The average Bonchev–Trinajstić information content (AvgIpc) is 2.91. The number of carbonyl (C=O) groups excluding carboxylic acids is 1. The smallest absolute Gasteiger partial charge is 0.242 e. The van der Waals surface area contributed by atoms with E-state index in [4.69, 9.17) is 5.26 Å². The number of halogens is 1. The van der Waals surface area contributed by atoms with Crippen LogP contribution in [0.5, 0.6) is 0 Å². The molecule has 1 aliphatic rings. The molecule has 2 rings (SSSR count). The normalized spacial score (nSPS) is 14.3. The summed E-state index contributed by atoms with van der Waals surface area (Å²) < 4.78 is 0.849. The molecule has 19 heavy (non-hydrogen) atoms. The number of amides is 1. The quantitative estimate of drug-likeness (QED) is 0.858. The van der Waals surface area contributed by atoms with Gasteiger partial charge in [0.05, 0.1) is 18.2 Å². The van der Waals surface area contributed by atoms with Gasteiger partial charge in [-0.25, -0.2) is 0 Å². The lowest BCUT2D eigenvalue weighted by molar-refractivity contribution is -0.128. The third kappa shape index (κ3) is 3.48. The van der Waals surface area contributed by atoms with E-state index in [1.165, 1.54) is 0 Å². The van der Waals surface area contributed by atoms with Crippen molar-refractivity contribution >= 4 is 27.5 Å². The number of hydrogen-bond acceptors (Lipinski definition) is 3. The molecule has 1 saturated heterocycles. The van der Waals surface area contributed by atoms with Gasteiger partial charge in [-0.15, -0.1) is 0 Å². The Morgan fingerprint density at radius 2 is 2.11 bits per heavy atom. The van der Waals surface area contributed by atoms with Crippen LogP contribution in [0.4, 0.5) is 5.69 Å². The Labute approximate surface area is 121 Å². The van der Waals surface area contributed by atoms with E-state index in [0.717, 1.165) is 36.1 Å². The lowest BCUT2D eigenvalue weighted by atomic mass is 10.2. The van der Waals surface area contributed by atoms with E-state index < -0.39 is 0 Å². The topological polar surface area (TPSA) is 47.3 Å². The summed E-state index contributed by atoms with van der Waals surface area (Å²) >= 11 is 3.38. The number of rotatable bonds is 3. The number of nitriles is 1. The maximum atomic E-state index is 12.1. The molecule has 0 spiro atoms. The van der Waals surface area contributed by atoms with Crippen molar-refractivity contribution in [2.75, 3.05) is 31.6 Å². The molecule has 0 bridgehead atoms. The van der Waals surface area contributed by atoms with Crippen molar-refractivity contribution in [3.05, 3.63) is 28.2 Å². The van der Waals surface area contributed by atoms with E-state index in [9.17, 15) is 4.79 Å². The first kappa shape index (κ1) is 13.9. The number of hydrogen-bond donors (Lipinski definition) is 0. The van der Waals surface area contributed by atoms with E-state index in [1.54, 1.807) is 12.1 Å². The van der Waals surface area contributed by atoms with Gasteiger partial charge >= 0.3 is 0 Å². The summed E-state index contributed by atoms with van der Waals surface area (Å²) in [5.41, 5.74) is 1.46. The molecule has 0 saturated carbocycles. The second-order valence-electron chi connectivity index (χ2n) is 4.75. The summed E-state index contributed by atoms with van der Waals surface area (Å²) in [6.45, 7) is 2.09. The minimum absolute atomic E-state index is 0.151. The molecule has 1 aliphatic heterocycles. The SMILES string of the molecule is CN(CC(=O)N1CCCC1)c1cc(Br)cc(C#N)c1. The maximum absolute atomic E-state index is 12.1. The standard InChI is InChI=1S/C14H16BrN3O/c1-17(10-14(19)18-4-2-3-5-18)13-7-11(9-16)6-12(15)8-13/h6-8H,2-5,10H2,1H3. The Hall–Kier alpha value is -1.54. The Morgan fingerprint density at radius 3 is 2.74 bits per heavy atom. The minimum Gasteiger partial charge on any atom is -0.365 e. The third-order valence-corrected chi connectivity index (χ3v) is 3.74. The summed E-state index contributed by atoms with van der Waals surface area (Å²) in [7, 11) is 1.87. The molecule has 100 valence electrons. The van der Waals surface area contributed by atoms with Crippen LogP contribution >= 0.6 is 15.9 Å². The first-order valence-electron chi connectivity index (χ1n) is 6.30. The lowest BCUT2D eigenvalue weighted by Crippen LogP contribution is -2.37. The number of nitrogens with zero attached hydrogens (tertiary/aromatic N) is 3. The maximum Gasteiger partial charge on any atom is 0.242 e. The number of benzene rings is 1. The van der Waals surface area contributed by atoms with Gasteiger partial charge in [0.15, 0.2) is 0 Å². The summed E-state index contributed by atoms with van der Waals surface area (Å²) in [6, 6.07) is 7.59. The van der Waals surface area contributed by atoms with E-state index in [-0.39, 0.29) is 5.91 Å². The summed E-state index contributed by atoms with van der Waals surface area (Å²) in [5.74, 6) is 0.151. The number of likely N-dealkylation sites (tertiary alicyclic amines) is 1. The highest BCUT2D eigenvalue weighted by molar-refractivity contribution is 9.10. The van der Waals surface area contributed by atoms with Crippen LogP contribution in [-0.2, 0) is 4.79 Å². The Balaban J connectivity index is 2.07.